The second-order valence-corrected chi connectivity index (χ2v) is 13.4. The predicted octanol–water partition coefficient (Wildman–Crippen LogP) is 4.44. The highest BCUT2D eigenvalue weighted by molar-refractivity contribution is 5.99. The first-order valence-corrected chi connectivity index (χ1v) is 16.0. The van der Waals surface area contributed by atoms with Gasteiger partial charge in [-0.2, -0.15) is 0 Å². The summed E-state index contributed by atoms with van der Waals surface area (Å²) in [5.41, 5.74) is -0.245. The van der Waals surface area contributed by atoms with Gasteiger partial charge in [-0.15, -0.1) is 13.2 Å². The first kappa shape index (κ1) is 32.6. The van der Waals surface area contributed by atoms with Gasteiger partial charge in [0.25, 0.3) is 0 Å². The Morgan fingerprint density at radius 1 is 0.978 bits per heavy atom. The third-order valence-electron chi connectivity index (χ3n) is 10.3. The van der Waals surface area contributed by atoms with Gasteiger partial charge in [0.1, 0.15) is 11.6 Å². The van der Waals surface area contributed by atoms with Crippen LogP contribution in [0.2, 0.25) is 0 Å². The number of ether oxygens (including phenoxy) is 1. The number of benzene rings is 2. The Morgan fingerprint density at radius 3 is 1.96 bits per heavy atom. The standard InChI is InChI=1S/C37H47N3O5/c1-7-19-38(22-27-15-11-9-12-16-27)33(42)30-31-34(43)40(29(24-41)25(3)4)32(37(31)21-26(5)36(30,6)45-37)35(44)39(20-8-2)23-28-17-13-10-14-18-28/h7-18,25-26,29-32,41H,1-2,19-24H2,3-6H3/t26?,29-,30+,31-,32?,36-,37?/m0/s1. The predicted molar refractivity (Wildman–Crippen MR) is 173 cm³/mol. The topological polar surface area (TPSA) is 90.4 Å². The summed E-state index contributed by atoms with van der Waals surface area (Å²) in [6.45, 7) is 16.6. The molecule has 1 N–H and O–H groups in total. The van der Waals surface area contributed by atoms with Crippen LogP contribution in [0.3, 0.4) is 0 Å². The summed E-state index contributed by atoms with van der Waals surface area (Å²) in [4.78, 5) is 49.3. The van der Waals surface area contributed by atoms with Crippen LogP contribution in [0, 0.1) is 23.7 Å². The fraction of sp³-hybridized carbons (Fsp3) is 0.486. The molecular formula is C37H47N3O5. The number of likely N-dealkylation sites (tertiary alicyclic amines) is 1. The lowest BCUT2D eigenvalue weighted by molar-refractivity contribution is -0.159. The van der Waals surface area contributed by atoms with Crippen LogP contribution in [-0.2, 0) is 32.2 Å². The van der Waals surface area contributed by atoms with Crippen LogP contribution in [0.4, 0.5) is 0 Å². The summed E-state index contributed by atoms with van der Waals surface area (Å²) in [7, 11) is 0. The molecule has 3 fully saturated rings. The molecule has 45 heavy (non-hydrogen) atoms. The number of hydrogen-bond acceptors (Lipinski definition) is 5. The molecule has 8 nitrogen and oxygen atoms in total. The molecule has 2 aromatic carbocycles. The average molecular weight is 614 g/mol. The number of hydrogen-bond donors (Lipinski definition) is 1. The molecule has 0 radical (unpaired) electrons. The number of rotatable bonds is 13. The zero-order valence-electron chi connectivity index (χ0n) is 27.0. The molecule has 0 aromatic heterocycles. The molecule has 3 aliphatic heterocycles. The summed E-state index contributed by atoms with van der Waals surface area (Å²) in [6.07, 6.45) is 3.84. The molecule has 3 saturated heterocycles. The van der Waals surface area contributed by atoms with Gasteiger partial charge < -0.3 is 24.5 Å². The van der Waals surface area contributed by atoms with E-state index in [0.29, 0.717) is 26.1 Å². The van der Waals surface area contributed by atoms with E-state index in [9.17, 15) is 19.5 Å². The minimum Gasteiger partial charge on any atom is -0.394 e. The molecular weight excluding hydrogens is 566 g/mol. The summed E-state index contributed by atoms with van der Waals surface area (Å²) in [6, 6.07) is 17.8. The van der Waals surface area contributed by atoms with Gasteiger partial charge >= 0.3 is 0 Å². The third kappa shape index (κ3) is 5.52. The van der Waals surface area contributed by atoms with Crippen LogP contribution in [-0.4, -0.2) is 80.5 Å². The second kappa shape index (κ2) is 12.9. The quantitative estimate of drug-likeness (QED) is 0.338. The van der Waals surface area contributed by atoms with Gasteiger partial charge in [0.05, 0.1) is 30.1 Å². The number of nitrogens with zero attached hydrogens (tertiary/aromatic N) is 3. The van der Waals surface area contributed by atoms with E-state index in [1.807, 2.05) is 88.4 Å². The average Bonchev–Trinajstić information content (AvgIpc) is 3.54. The van der Waals surface area contributed by atoms with Crippen molar-refractivity contribution in [3.8, 4) is 0 Å². The molecule has 3 unspecified atom stereocenters. The number of aliphatic hydroxyl groups excluding tert-OH is 1. The summed E-state index contributed by atoms with van der Waals surface area (Å²) < 4.78 is 6.99. The highest BCUT2D eigenvalue weighted by atomic mass is 16.5. The van der Waals surface area contributed by atoms with E-state index in [0.717, 1.165) is 11.1 Å². The van der Waals surface area contributed by atoms with Crippen molar-refractivity contribution in [2.24, 2.45) is 23.7 Å². The Hall–Kier alpha value is -3.75. The zero-order valence-corrected chi connectivity index (χ0v) is 27.0. The van der Waals surface area contributed by atoms with Gasteiger partial charge in [-0.25, -0.2) is 0 Å². The van der Waals surface area contributed by atoms with Gasteiger partial charge in [0, 0.05) is 26.2 Å². The smallest absolute Gasteiger partial charge is 0.249 e. The van der Waals surface area contributed by atoms with E-state index in [1.165, 1.54) is 0 Å². The summed E-state index contributed by atoms with van der Waals surface area (Å²) in [5, 5.41) is 10.6. The maximum atomic E-state index is 14.8. The first-order valence-electron chi connectivity index (χ1n) is 16.0. The maximum absolute atomic E-state index is 14.8. The van der Waals surface area contributed by atoms with Crippen molar-refractivity contribution in [3.05, 3.63) is 97.1 Å². The molecule has 2 aromatic rings. The largest absolute Gasteiger partial charge is 0.394 e. The fourth-order valence-electron chi connectivity index (χ4n) is 8.06. The van der Waals surface area contributed by atoms with Gasteiger partial charge in [0.15, 0.2) is 0 Å². The van der Waals surface area contributed by atoms with E-state index >= 15 is 0 Å². The monoisotopic (exact) mass is 613 g/mol. The van der Waals surface area contributed by atoms with Crippen molar-refractivity contribution < 1.29 is 24.2 Å². The van der Waals surface area contributed by atoms with Crippen molar-refractivity contribution in [3.63, 3.8) is 0 Å². The van der Waals surface area contributed by atoms with Gasteiger partial charge in [-0.3, -0.25) is 14.4 Å². The second-order valence-electron chi connectivity index (χ2n) is 13.4. The van der Waals surface area contributed by atoms with E-state index in [2.05, 4.69) is 13.2 Å². The Balaban J connectivity index is 1.60. The highest BCUT2D eigenvalue weighted by Gasteiger charge is 2.80. The molecule has 3 heterocycles. The van der Waals surface area contributed by atoms with Crippen molar-refractivity contribution in [2.45, 2.75) is 70.5 Å². The third-order valence-corrected chi connectivity index (χ3v) is 10.3. The number of aliphatic hydroxyl groups is 1. The number of carbonyl (C=O) groups excluding carboxylic acids is 3. The molecule has 3 amide bonds. The molecule has 2 bridgehead atoms. The van der Waals surface area contributed by atoms with Crippen LogP contribution < -0.4 is 0 Å². The fourth-order valence-corrected chi connectivity index (χ4v) is 8.06. The van der Waals surface area contributed by atoms with Gasteiger partial charge in [-0.05, 0) is 36.3 Å². The van der Waals surface area contributed by atoms with Gasteiger partial charge in [-0.1, -0.05) is 93.6 Å². The van der Waals surface area contributed by atoms with Crippen molar-refractivity contribution >= 4 is 17.7 Å². The molecule has 8 heteroatoms. The number of amides is 3. The van der Waals surface area contributed by atoms with Crippen molar-refractivity contribution in [1.29, 1.82) is 0 Å². The Morgan fingerprint density at radius 2 is 1.49 bits per heavy atom. The summed E-state index contributed by atoms with van der Waals surface area (Å²) >= 11 is 0. The first-order chi connectivity index (χ1) is 21.5. The van der Waals surface area contributed by atoms with Crippen LogP contribution in [0.5, 0.6) is 0 Å². The zero-order chi connectivity index (χ0) is 32.5. The van der Waals surface area contributed by atoms with E-state index < -0.39 is 35.1 Å². The van der Waals surface area contributed by atoms with Gasteiger partial charge in [0.2, 0.25) is 17.7 Å². The van der Waals surface area contributed by atoms with E-state index in [1.54, 1.807) is 26.9 Å². The number of carbonyl (C=O) groups is 3. The molecule has 7 atom stereocenters. The number of fused-ring (bicyclic) bond motifs is 1. The minimum absolute atomic E-state index is 0.0957. The van der Waals surface area contributed by atoms with Crippen LogP contribution in [0.25, 0.3) is 0 Å². The maximum Gasteiger partial charge on any atom is 0.249 e. The van der Waals surface area contributed by atoms with Crippen LogP contribution in [0.1, 0.15) is 45.2 Å². The molecule has 240 valence electrons. The highest BCUT2D eigenvalue weighted by Crippen LogP contribution is 2.66. The molecule has 1 spiro atoms. The lowest BCUT2D eigenvalue weighted by Crippen LogP contribution is -2.59. The Labute approximate surface area is 267 Å². The van der Waals surface area contributed by atoms with E-state index in [4.69, 9.17) is 4.74 Å². The normalized spacial score (nSPS) is 29.0. The Kier molecular flexibility index (Phi) is 9.38. The lowest BCUT2D eigenvalue weighted by atomic mass is 9.62. The molecule has 0 saturated carbocycles. The Bertz CT molecular complexity index is 1410. The van der Waals surface area contributed by atoms with Crippen LogP contribution >= 0.6 is 0 Å². The molecule has 3 aliphatic rings. The lowest BCUT2D eigenvalue weighted by Gasteiger charge is -2.40. The summed E-state index contributed by atoms with van der Waals surface area (Å²) in [5.74, 6) is -2.64. The van der Waals surface area contributed by atoms with Crippen molar-refractivity contribution in [1.82, 2.24) is 14.7 Å². The minimum atomic E-state index is -1.21. The van der Waals surface area contributed by atoms with Crippen molar-refractivity contribution in [2.75, 3.05) is 19.7 Å². The van der Waals surface area contributed by atoms with Crippen LogP contribution in [0.15, 0.2) is 86.0 Å². The van der Waals surface area contributed by atoms with E-state index in [-0.39, 0.29) is 42.7 Å². The molecule has 5 rings (SSSR count). The molecule has 0 aliphatic carbocycles. The SMILES string of the molecule is C=CCN(Cc1ccccc1)C(=O)C1N([C@@H](CO)C(C)C)C(=O)[C@@H]2[C@H](C(=O)N(CC=C)Cc3ccccc3)[C@@]3(C)OC12CC3C.